The van der Waals surface area contributed by atoms with Gasteiger partial charge in [0.05, 0.1) is 30.6 Å². The number of imide groups is 1. The van der Waals surface area contributed by atoms with E-state index in [1.54, 1.807) is 60.5 Å². The molecule has 1 aliphatic carbocycles. The second-order valence-electron chi connectivity index (χ2n) is 9.19. The molecular weight excluding hydrogens is 448 g/mol. The van der Waals surface area contributed by atoms with Crippen molar-refractivity contribution >= 4 is 35.1 Å². The van der Waals surface area contributed by atoms with E-state index in [1.807, 2.05) is 19.1 Å². The Morgan fingerprint density at radius 3 is 2.23 bits per heavy atom. The lowest BCUT2D eigenvalue weighted by atomic mass is 9.78. The Balaban J connectivity index is 1.24. The summed E-state index contributed by atoms with van der Waals surface area (Å²) < 4.78 is 10.7. The van der Waals surface area contributed by atoms with Crippen molar-refractivity contribution in [1.29, 1.82) is 0 Å². The number of ether oxygens (including phenoxy) is 2. The smallest absolute Gasteiger partial charge is 0.316 e. The van der Waals surface area contributed by atoms with Crippen LogP contribution in [0.25, 0.3) is 0 Å². The second kappa shape index (κ2) is 9.02. The van der Waals surface area contributed by atoms with Crippen LogP contribution in [0.4, 0.5) is 11.4 Å². The van der Waals surface area contributed by atoms with Crippen LogP contribution in [0.3, 0.4) is 0 Å². The number of rotatable bonds is 5. The first-order valence-electron chi connectivity index (χ1n) is 11.7. The molecule has 0 radical (unpaired) electrons. The molecule has 4 atom stereocenters. The van der Waals surface area contributed by atoms with E-state index in [4.69, 9.17) is 9.47 Å². The van der Waals surface area contributed by atoms with Crippen LogP contribution >= 0.6 is 0 Å². The molecule has 0 bridgehead atoms. The number of benzene rings is 2. The van der Waals surface area contributed by atoms with Crippen LogP contribution in [0.1, 0.15) is 19.8 Å². The van der Waals surface area contributed by atoms with Gasteiger partial charge in [-0.3, -0.25) is 24.1 Å². The van der Waals surface area contributed by atoms with Crippen LogP contribution in [0.15, 0.2) is 60.7 Å². The summed E-state index contributed by atoms with van der Waals surface area (Å²) in [5, 5.41) is 0. The zero-order chi connectivity index (χ0) is 24.7. The lowest BCUT2D eigenvalue weighted by molar-refractivity contribution is -0.139. The van der Waals surface area contributed by atoms with Crippen molar-refractivity contribution in [3.63, 3.8) is 0 Å². The number of amides is 3. The van der Waals surface area contributed by atoms with Crippen LogP contribution in [-0.4, -0.2) is 37.3 Å². The van der Waals surface area contributed by atoms with Gasteiger partial charge < -0.3 is 14.4 Å². The average molecular weight is 475 g/mol. The lowest BCUT2D eigenvalue weighted by Crippen LogP contribution is -2.31. The number of anilines is 2. The molecule has 2 fully saturated rings. The molecule has 0 N–H and O–H groups in total. The van der Waals surface area contributed by atoms with Gasteiger partial charge in [-0.1, -0.05) is 19.1 Å². The van der Waals surface area contributed by atoms with Crippen LogP contribution in [0, 0.1) is 23.7 Å². The van der Waals surface area contributed by atoms with Gasteiger partial charge in [-0.25, -0.2) is 0 Å². The van der Waals surface area contributed by atoms with E-state index in [-0.39, 0.29) is 48.4 Å². The predicted octanol–water partition coefficient (Wildman–Crippen LogP) is 3.36. The molecule has 0 unspecified atom stereocenters. The summed E-state index contributed by atoms with van der Waals surface area (Å²) in [5.41, 5.74) is 1.16. The summed E-state index contributed by atoms with van der Waals surface area (Å²) >= 11 is 0. The van der Waals surface area contributed by atoms with E-state index < -0.39 is 11.9 Å². The Bertz CT molecular complexity index is 1200. The molecule has 180 valence electrons. The van der Waals surface area contributed by atoms with E-state index >= 15 is 0 Å². The van der Waals surface area contributed by atoms with Crippen LogP contribution in [0.5, 0.6) is 11.5 Å². The first-order valence-corrected chi connectivity index (χ1v) is 11.7. The molecule has 2 saturated heterocycles. The standard InChI is InChI=1S/C27H26N2O6/c1-16-4-3-5-22-24(16)26(32)29(25(22)31)19-8-12-21(13-9-19)35-27(33)17-14-23(30)28(15-17)18-6-10-20(34-2)11-7-18/h3-4,6-13,16-17,22,24H,5,14-15H2,1-2H3/t16-,17-,22-,24-/m1/s1. The van der Waals surface area contributed by atoms with Crippen molar-refractivity contribution in [2.75, 3.05) is 23.5 Å². The molecule has 0 spiro atoms. The third-order valence-corrected chi connectivity index (χ3v) is 7.03. The van der Waals surface area contributed by atoms with Crippen LogP contribution in [-0.2, 0) is 19.2 Å². The number of carbonyl (C=O) groups excluding carboxylic acids is 4. The monoisotopic (exact) mass is 474 g/mol. The Labute approximate surface area is 203 Å². The molecular formula is C27H26N2O6. The van der Waals surface area contributed by atoms with E-state index in [2.05, 4.69) is 0 Å². The van der Waals surface area contributed by atoms with Gasteiger partial charge in [0, 0.05) is 18.7 Å². The van der Waals surface area contributed by atoms with Crippen molar-refractivity contribution < 1.29 is 28.7 Å². The van der Waals surface area contributed by atoms with Crippen LogP contribution < -0.4 is 19.3 Å². The largest absolute Gasteiger partial charge is 0.497 e. The first-order chi connectivity index (χ1) is 16.9. The number of hydrogen-bond acceptors (Lipinski definition) is 6. The zero-order valence-corrected chi connectivity index (χ0v) is 19.5. The molecule has 5 rings (SSSR count). The second-order valence-corrected chi connectivity index (χ2v) is 9.19. The summed E-state index contributed by atoms with van der Waals surface area (Å²) in [6, 6.07) is 13.4. The first kappa shape index (κ1) is 22.8. The van der Waals surface area contributed by atoms with Gasteiger partial charge in [-0.15, -0.1) is 0 Å². The van der Waals surface area contributed by atoms with Crippen molar-refractivity contribution in [3.05, 3.63) is 60.7 Å². The maximum Gasteiger partial charge on any atom is 0.316 e. The Kier molecular flexibility index (Phi) is 5.88. The molecule has 2 heterocycles. The van der Waals surface area contributed by atoms with Gasteiger partial charge >= 0.3 is 5.97 Å². The average Bonchev–Trinajstić information content (AvgIpc) is 3.38. The topological polar surface area (TPSA) is 93.2 Å². The summed E-state index contributed by atoms with van der Waals surface area (Å²) in [6.45, 7) is 2.18. The Hall–Kier alpha value is -3.94. The quantitative estimate of drug-likeness (QED) is 0.286. The van der Waals surface area contributed by atoms with Gasteiger partial charge in [0.2, 0.25) is 17.7 Å². The van der Waals surface area contributed by atoms with E-state index in [0.29, 0.717) is 29.3 Å². The number of carbonyl (C=O) groups is 4. The maximum atomic E-state index is 13.0. The van der Waals surface area contributed by atoms with Gasteiger partial charge in [-0.2, -0.15) is 0 Å². The minimum Gasteiger partial charge on any atom is -0.497 e. The third-order valence-electron chi connectivity index (χ3n) is 7.03. The van der Waals surface area contributed by atoms with Crippen molar-refractivity contribution in [2.45, 2.75) is 19.8 Å². The van der Waals surface area contributed by atoms with E-state index in [9.17, 15) is 19.2 Å². The lowest BCUT2D eigenvalue weighted by Gasteiger charge is -2.22. The zero-order valence-electron chi connectivity index (χ0n) is 19.5. The minimum atomic E-state index is -0.594. The van der Waals surface area contributed by atoms with Crippen molar-refractivity contribution in [1.82, 2.24) is 0 Å². The highest BCUT2D eigenvalue weighted by molar-refractivity contribution is 6.22. The number of esters is 1. The summed E-state index contributed by atoms with van der Waals surface area (Å²) in [4.78, 5) is 53.9. The van der Waals surface area contributed by atoms with E-state index in [1.165, 1.54) is 4.90 Å². The molecule has 3 aliphatic rings. The fourth-order valence-electron chi connectivity index (χ4n) is 5.14. The van der Waals surface area contributed by atoms with Crippen LogP contribution in [0.2, 0.25) is 0 Å². The molecule has 2 aliphatic heterocycles. The fourth-order valence-corrected chi connectivity index (χ4v) is 5.14. The number of allylic oxidation sites excluding steroid dienone is 2. The molecule has 35 heavy (non-hydrogen) atoms. The number of fused-ring (bicyclic) bond motifs is 1. The number of nitrogens with zero attached hydrogens (tertiary/aromatic N) is 2. The summed E-state index contributed by atoms with van der Waals surface area (Å²) in [5.74, 6) is -1.29. The molecule has 0 aromatic heterocycles. The minimum absolute atomic E-state index is 0.0158. The van der Waals surface area contributed by atoms with Gasteiger partial charge in [0.1, 0.15) is 11.5 Å². The molecule has 2 aromatic carbocycles. The molecule has 2 aromatic rings. The number of methoxy groups -OCH3 is 1. The Morgan fingerprint density at radius 2 is 1.57 bits per heavy atom. The van der Waals surface area contributed by atoms with Gasteiger partial charge in [-0.05, 0) is 60.9 Å². The summed E-state index contributed by atoms with van der Waals surface area (Å²) in [7, 11) is 1.57. The molecule has 8 nitrogen and oxygen atoms in total. The normalized spacial score (nSPS) is 25.7. The predicted molar refractivity (Wildman–Crippen MR) is 128 cm³/mol. The highest BCUT2D eigenvalue weighted by atomic mass is 16.5. The highest BCUT2D eigenvalue weighted by Gasteiger charge is 2.50. The van der Waals surface area contributed by atoms with Crippen molar-refractivity contribution in [3.8, 4) is 11.5 Å². The van der Waals surface area contributed by atoms with Crippen molar-refractivity contribution in [2.24, 2.45) is 23.7 Å². The highest BCUT2D eigenvalue weighted by Crippen LogP contribution is 2.40. The number of hydrogen-bond donors (Lipinski definition) is 0. The summed E-state index contributed by atoms with van der Waals surface area (Å²) in [6.07, 6.45) is 4.59. The Morgan fingerprint density at radius 1 is 0.914 bits per heavy atom. The third kappa shape index (κ3) is 4.09. The SMILES string of the molecule is COc1ccc(N2C[C@H](C(=O)Oc3ccc(N4C(=O)[C@@H]5[C@H](C)C=CC[C@H]5C4=O)cc3)CC2=O)cc1. The molecule has 8 heteroatoms. The maximum absolute atomic E-state index is 13.0. The fraction of sp³-hybridized carbons (Fsp3) is 0.333. The van der Waals surface area contributed by atoms with E-state index in [0.717, 1.165) is 0 Å². The molecule has 3 amide bonds. The van der Waals surface area contributed by atoms with Gasteiger partial charge in [0.25, 0.3) is 0 Å². The molecule has 0 saturated carbocycles. The van der Waals surface area contributed by atoms with Gasteiger partial charge in [0.15, 0.2) is 0 Å².